The fourth-order valence-corrected chi connectivity index (χ4v) is 3.01. The van der Waals surface area contributed by atoms with E-state index in [1.165, 1.54) is 38.5 Å². The molecule has 0 bridgehead atoms. The maximum absolute atomic E-state index is 5.87. The van der Waals surface area contributed by atoms with Crippen LogP contribution in [0.4, 0.5) is 0 Å². The van der Waals surface area contributed by atoms with Crippen LogP contribution in [0.2, 0.25) is 0 Å². The summed E-state index contributed by atoms with van der Waals surface area (Å²) in [4.78, 5) is 0. The standard InChI is InChI=1S/C14H29N/c1-11(2)5-4-6-13-9-12(3)7-8-14(13)10-15/h11-14H,4-10,15H2,1-3H3. The summed E-state index contributed by atoms with van der Waals surface area (Å²) in [6, 6.07) is 0. The summed E-state index contributed by atoms with van der Waals surface area (Å²) in [6.45, 7) is 7.97. The molecule has 1 aliphatic carbocycles. The van der Waals surface area contributed by atoms with Crippen LogP contribution in [-0.2, 0) is 0 Å². The minimum absolute atomic E-state index is 0.827. The lowest BCUT2D eigenvalue weighted by Gasteiger charge is -2.34. The van der Waals surface area contributed by atoms with Crippen molar-refractivity contribution < 1.29 is 0 Å². The second-order valence-corrected chi connectivity index (χ2v) is 6.00. The van der Waals surface area contributed by atoms with Gasteiger partial charge in [0.1, 0.15) is 0 Å². The zero-order valence-electron chi connectivity index (χ0n) is 10.8. The molecule has 1 rings (SSSR count). The van der Waals surface area contributed by atoms with E-state index in [9.17, 15) is 0 Å². The second kappa shape index (κ2) is 6.52. The summed E-state index contributed by atoms with van der Waals surface area (Å²) in [5.41, 5.74) is 5.87. The first-order chi connectivity index (χ1) is 7.13. The third-order valence-corrected chi connectivity index (χ3v) is 4.06. The molecule has 0 radical (unpaired) electrons. The topological polar surface area (TPSA) is 26.0 Å². The van der Waals surface area contributed by atoms with Gasteiger partial charge in [0.15, 0.2) is 0 Å². The van der Waals surface area contributed by atoms with Gasteiger partial charge in [0, 0.05) is 0 Å². The van der Waals surface area contributed by atoms with E-state index in [0.717, 1.165) is 30.2 Å². The molecule has 0 saturated heterocycles. The van der Waals surface area contributed by atoms with Gasteiger partial charge in [0.05, 0.1) is 0 Å². The van der Waals surface area contributed by atoms with E-state index >= 15 is 0 Å². The van der Waals surface area contributed by atoms with Crippen molar-refractivity contribution in [1.29, 1.82) is 0 Å². The summed E-state index contributed by atoms with van der Waals surface area (Å²) in [5, 5.41) is 0. The van der Waals surface area contributed by atoms with Gasteiger partial charge in [0.2, 0.25) is 0 Å². The van der Waals surface area contributed by atoms with E-state index in [1.807, 2.05) is 0 Å². The van der Waals surface area contributed by atoms with Crippen LogP contribution in [0.5, 0.6) is 0 Å². The molecule has 90 valence electrons. The van der Waals surface area contributed by atoms with Gasteiger partial charge >= 0.3 is 0 Å². The molecule has 0 aromatic rings. The summed E-state index contributed by atoms with van der Waals surface area (Å²) in [7, 11) is 0. The Kier molecular flexibility index (Phi) is 5.66. The molecule has 0 spiro atoms. The Hall–Kier alpha value is -0.0400. The van der Waals surface area contributed by atoms with Crippen molar-refractivity contribution in [2.75, 3.05) is 6.54 Å². The Bertz CT molecular complexity index is 165. The molecule has 0 amide bonds. The van der Waals surface area contributed by atoms with Gasteiger partial charge in [-0.15, -0.1) is 0 Å². The first-order valence-electron chi connectivity index (χ1n) is 6.83. The van der Waals surface area contributed by atoms with Gasteiger partial charge in [-0.2, -0.15) is 0 Å². The maximum atomic E-state index is 5.87. The maximum Gasteiger partial charge on any atom is -0.00462 e. The lowest BCUT2D eigenvalue weighted by molar-refractivity contribution is 0.179. The summed E-state index contributed by atoms with van der Waals surface area (Å²) < 4.78 is 0. The fraction of sp³-hybridized carbons (Fsp3) is 1.00. The minimum atomic E-state index is 0.827. The number of hydrogen-bond acceptors (Lipinski definition) is 1. The number of rotatable bonds is 5. The average Bonchev–Trinajstić information content (AvgIpc) is 2.17. The van der Waals surface area contributed by atoms with E-state index in [-0.39, 0.29) is 0 Å². The van der Waals surface area contributed by atoms with Crippen molar-refractivity contribution in [1.82, 2.24) is 0 Å². The number of nitrogens with two attached hydrogens (primary N) is 1. The quantitative estimate of drug-likeness (QED) is 0.735. The van der Waals surface area contributed by atoms with Crippen LogP contribution in [0.1, 0.15) is 59.3 Å². The molecule has 1 aliphatic rings. The van der Waals surface area contributed by atoms with E-state index in [0.29, 0.717) is 0 Å². The SMILES string of the molecule is CC(C)CCCC1CC(C)CCC1CN. The molecule has 2 N–H and O–H groups in total. The molecule has 3 unspecified atom stereocenters. The Morgan fingerprint density at radius 2 is 1.93 bits per heavy atom. The molecule has 0 aromatic carbocycles. The van der Waals surface area contributed by atoms with E-state index < -0.39 is 0 Å². The van der Waals surface area contributed by atoms with Gasteiger partial charge in [-0.1, -0.05) is 46.5 Å². The monoisotopic (exact) mass is 211 g/mol. The van der Waals surface area contributed by atoms with E-state index in [4.69, 9.17) is 5.73 Å². The molecule has 0 heterocycles. The molecule has 0 aliphatic heterocycles. The van der Waals surface area contributed by atoms with E-state index in [2.05, 4.69) is 20.8 Å². The average molecular weight is 211 g/mol. The second-order valence-electron chi connectivity index (χ2n) is 6.00. The molecule has 1 fully saturated rings. The van der Waals surface area contributed by atoms with E-state index in [1.54, 1.807) is 0 Å². The molecule has 1 heteroatoms. The van der Waals surface area contributed by atoms with Crippen molar-refractivity contribution in [3.05, 3.63) is 0 Å². The zero-order chi connectivity index (χ0) is 11.3. The summed E-state index contributed by atoms with van der Waals surface area (Å²) in [5.74, 6) is 3.56. The Balaban J connectivity index is 2.28. The highest BCUT2D eigenvalue weighted by molar-refractivity contribution is 4.79. The summed E-state index contributed by atoms with van der Waals surface area (Å²) >= 11 is 0. The Morgan fingerprint density at radius 3 is 2.53 bits per heavy atom. The lowest BCUT2D eigenvalue weighted by atomic mass is 9.72. The predicted molar refractivity (Wildman–Crippen MR) is 67.7 cm³/mol. The first kappa shape index (κ1) is 13.0. The highest BCUT2D eigenvalue weighted by Gasteiger charge is 2.26. The third kappa shape index (κ3) is 4.55. The van der Waals surface area contributed by atoms with Crippen molar-refractivity contribution >= 4 is 0 Å². The predicted octanol–water partition coefficient (Wildman–Crippen LogP) is 3.82. The van der Waals surface area contributed by atoms with Crippen molar-refractivity contribution in [3.63, 3.8) is 0 Å². The van der Waals surface area contributed by atoms with Crippen molar-refractivity contribution in [3.8, 4) is 0 Å². The van der Waals surface area contributed by atoms with Gasteiger partial charge in [0.25, 0.3) is 0 Å². The fourth-order valence-electron chi connectivity index (χ4n) is 3.01. The lowest BCUT2D eigenvalue weighted by Crippen LogP contribution is -2.29. The van der Waals surface area contributed by atoms with Crippen LogP contribution in [0.25, 0.3) is 0 Å². The van der Waals surface area contributed by atoms with Crippen LogP contribution >= 0.6 is 0 Å². The molecule has 1 nitrogen and oxygen atoms in total. The first-order valence-corrected chi connectivity index (χ1v) is 6.83. The molecule has 1 saturated carbocycles. The van der Waals surface area contributed by atoms with Gasteiger partial charge < -0.3 is 5.73 Å². The van der Waals surface area contributed by atoms with Crippen LogP contribution in [0, 0.1) is 23.7 Å². The molecular formula is C14H29N. The van der Waals surface area contributed by atoms with Crippen molar-refractivity contribution in [2.24, 2.45) is 29.4 Å². The zero-order valence-corrected chi connectivity index (χ0v) is 10.8. The highest BCUT2D eigenvalue weighted by atomic mass is 14.6. The molecule has 0 aromatic heterocycles. The smallest absolute Gasteiger partial charge is 0.00462 e. The Morgan fingerprint density at radius 1 is 1.20 bits per heavy atom. The number of hydrogen-bond donors (Lipinski definition) is 1. The summed E-state index contributed by atoms with van der Waals surface area (Å²) in [6.07, 6.45) is 8.44. The van der Waals surface area contributed by atoms with Crippen LogP contribution < -0.4 is 5.73 Å². The third-order valence-electron chi connectivity index (χ3n) is 4.06. The highest BCUT2D eigenvalue weighted by Crippen LogP contribution is 2.36. The van der Waals surface area contributed by atoms with Crippen LogP contribution in [0.15, 0.2) is 0 Å². The van der Waals surface area contributed by atoms with Crippen LogP contribution in [-0.4, -0.2) is 6.54 Å². The van der Waals surface area contributed by atoms with Gasteiger partial charge in [-0.05, 0) is 43.1 Å². The van der Waals surface area contributed by atoms with Crippen LogP contribution in [0.3, 0.4) is 0 Å². The molecule has 3 atom stereocenters. The Labute approximate surface area is 95.8 Å². The normalized spacial score (nSPS) is 32.2. The van der Waals surface area contributed by atoms with Crippen molar-refractivity contribution in [2.45, 2.75) is 59.3 Å². The van der Waals surface area contributed by atoms with Gasteiger partial charge in [-0.3, -0.25) is 0 Å². The largest absolute Gasteiger partial charge is 0.330 e. The minimum Gasteiger partial charge on any atom is -0.330 e. The van der Waals surface area contributed by atoms with Gasteiger partial charge in [-0.25, -0.2) is 0 Å². The molecular weight excluding hydrogens is 182 g/mol. The molecule has 15 heavy (non-hydrogen) atoms.